The predicted octanol–water partition coefficient (Wildman–Crippen LogP) is 1.70. The van der Waals surface area contributed by atoms with E-state index in [1.807, 2.05) is 0 Å². The van der Waals surface area contributed by atoms with E-state index in [4.69, 9.17) is 5.73 Å². The van der Waals surface area contributed by atoms with Crippen molar-refractivity contribution < 1.29 is 0 Å². The summed E-state index contributed by atoms with van der Waals surface area (Å²) in [7, 11) is 2.14. The number of nitrogens with one attached hydrogen (secondary N) is 1. The van der Waals surface area contributed by atoms with Gasteiger partial charge in [0.2, 0.25) is 0 Å². The lowest BCUT2D eigenvalue weighted by Crippen LogP contribution is -2.33. The van der Waals surface area contributed by atoms with Crippen LogP contribution < -0.4 is 16.0 Å². The Labute approximate surface area is 115 Å². The largest absolute Gasteiger partial charge is 0.374 e. The molecule has 0 aliphatic carbocycles. The molecule has 19 heavy (non-hydrogen) atoms. The minimum Gasteiger partial charge on any atom is -0.374 e. The van der Waals surface area contributed by atoms with Crippen molar-refractivity contribution in [2.24, 2.45) is 10.7 Å². The van der Waals surface area contributed by atoms with Gasteiger partial charge in [-0.15, -0.1) is 6.58 Å². The number of anilines is 1. The van der Waals surface area contributed by atoms with Gasteiger partial charge in [0.05, 0.1) is 0 Å². The lowest BCUT2D eigenvalue weighted by Gasteiger charge is -2.32. The minimum absolute atomic E-state index is 0.455. The van der Waals surface area contributed by atoms with Crippen LogP contribution in [0.3, 0.4) is 0 Å². The van der Waals surface area contributed by atoms with Crippen LogP contribution in [0.25, 0.3) is 0 Å². The Kier molecular flexibility index (Phi) is 4.44. The molecule has 4 nitrogen and oxygen atoms in total. The summed E-state index contributed by atoms with van der Waals surface area (Å²) in [6.07, 6.45) is 2.89. The molecule has 0 radical (unpaired) electrons. The molecule has 0 unspecified atom stereocenters. The molecule has 2 rings (SSSR count). The number of para-hydroxylation sites is 1. The lowest BCUT2D eigenvalue weighted by atomic mass is 9.90. The van der Waals surface area contributed by atoms with Gasteiger partial charge >= 0.3 is 0 Å². The summed E-state index contributed by atoms with van der Waals surface area (Å²) < 4.78 is 0. The highest BCUT2D eigenvalue weighted by Crippen LogP contribution is 2.34. The summed E-state index contributed by atoms with van der Waals surface area (Å²) in [5, 5.41) is 3.00. The third-order valence-electron chi connectivity index (χ3n) is 3.51. The van der Waals surface area contributed by atoms with Crippen molar-refractivity contribution >= 4 is 11.6 Å². The van der Waals surface area contributed by atoms with Crippen LogP contribution in [0.1, 0.15) is 17.9 Å². The Bertz CT molecular complexity index is 467. The Morgan fingerprint density at radius 2 is 2.37 bits per heavy atom. The number of aliphatic imine (C=N–C) groups is 1. The molecule has 0 amide bonds. The van der Waals surface area contributed by atoms with E-state index in [-0.39, 0.29) is 0 Å². The van der Waals surface area contributed by atoms with Gasteiger partial charge in [0.1, 0.15) is 0 Å². The molecule has 102 valence electrons. The van der Waals surface area contributed by atoms with Gasteiger partial charge in [-0.1, -0.05) is 24.3 Å². The maximum atomic E-state index is 5.80. The molecule has 1 aromatic carbocycles. The molecule has 1 aliphatic heterocycles. The molecule has 0 bridgehead atoms. The monoisotopic (exact) mass is 258 g/mol. The van der Waals surface area contributed by atoms with Gasteiger partial charge in [-0.2, -0.15) is 0 Å². The van der Waals surface area contributed by atoms with Crippen molar-refractivity contribution in [2.45, 2.75) is 12.3 Å². The van der Waals surface area contributed by atoms with E-state index in [2.05, 4.69) is 53.1 Å². The summed E-state index contributed by atoms with van der Waals surface area (Å²) in [5.74, 6) is 0.952. The van der Waals surface area contributed by atoms with Crippen LogP contribution in [0.4, 0.5) is 5.69 Å². The number of hydrogen-bond donors (Lipinski definition) is 2. The Balaban J connectivity index is 2.06. The lowest BCUT2D eigenvalue weighted by molar-refractivity contribution is 0.601. The topological polar surface area (TPSA) is 53.6 Å². The molecule has 0 spiro atoms. The molecule has 4 heteroatoms. The molecule has 1 aliphatic rings. The molecule has 0 saturated heterocycles. The van der Waals surface area contributed by atoms with Crippen LogP contribution in [0.2, 0.25) is 0 Å². The third-order valence-corrected chi connectivity index (χ3v) is 3.51. The molecule has 0 fully saturated rings. The van der Waals surface area contributed by atoms with Gasteiger partial charge in [0.15, 0.2) is 5.96 Å². The second-order valence-corrected chi connectivity index (χ2v) is 4.86. The SMILES string of the molecule is C=CCNC(N)=NC[C@@H]1CCN(C)c2ccccc21. The van der Waals surface area contributed by atoms with E-state index in [1.165, 1.54) is 11.3 Å². The summed E-state index contributed by atoms with van der Waals surface area (Å²) in [4.78, 5) is 6.73. The first-order valence-corrected chi connectivity index (χ1v) is 6.67. The van der Waals surface area contributed by atoms with E-state index in [9.17, 15) is 0 Å². The number of nitrogens with two attached hydrogens (primary N) is 1. The Hall–Kier alpha value is -1.97. The van der Waals surface area contributed by atoms with Crippen LogP contribution in [0.5, 0.6) is 0 Å². The highest BCUT2D eigenvalue weighted by atomic mass is 15.1. The van der Waals surface area contributed by atoms with Gasteiger partial charge in [-0.25, -0.2) is 0 Å². The first-order valence-electron chi connectivity index (χ1n) is 6.67. The predicted molar refractivity (Wildman–Crippen MR) is 81.8 cm³/mol. The van der Waals surface area contributed by atoms with E-state index in [0.717, 1.165) is 19.5 Å². The highest BCUT2D eigenvalue weighted by Gasteiger charge is 2.22. The van der Waals surface area contributed by atoms with Crippen LogP contribution >= 0.6 is 0 Å². The van der Waals surface area contributed by atoms with Gasteiger partial charge in [0, 0.05) is 38.3 Å². The average Bonchev–Trinajstić information content (AvgIpc) is 2.45. The zero-order valence-corrected chi connectivity index (χ0v) is 11.5. The number of rotatable bonds is 4. The van der Waals surface area contributed by atoms with Gasteiger partial charge in [-0.05, 0) is 18.1 Å². The summed E-state index contributed by atoms with van der Waals surface area (Å²) in [6.45, 7) is 6.10. The maximum Gasteiger partial charge on any atom is 0.188 e. The van der Waals surface area contributed by atoms with E-state index >= 15 is 0 Å². The van der Waals surface area contributed by atoms with Crippen LogP contribution in [-0.4, -0.2) is 32.6 Å². The molecule has 1 heterocycles. The zero-order chi connectivity index (χ0) is 13.7. The molecule has 1 aromatic rings. The number of hydrogen-bond acceptors (Lipinski definition) is 2. The third kappa shape index (κ3) is 3.28. The maximum absolute atomic E-state index is 5.80. The van der Waals surface area contributed by atoms with Gasteiger partial charge in [0.25, 0.3) is 0 Å². The Morgan fingerprint density at radius 3 is 3.16 bits per heavy atom. The average molecular weight is 258 g/mol. The van der Waals surface area contributed by atoms with Gasteiger partial charge < -0.3 is 16.0 Å². The summed E-state index contributed by atoms with van der Waals surface area (Å²) >= 11 is 0. The quantitative estimate of drug-likeness (QED) is 0.491. The van der Waals surface area contributed by atoms with Crippen LogP contribution in [0.15, 0.2) is 41.9 Å². The van der Waals surface area contributed by atoms with Crippen molar-refractivity contribution in [3.63, 3.8) is 0 Å². The number of fused-ring (bicyclic) bond motifs is 1. The van der Waals surface area contributed by atoms with Crippen LogP contribution in [0, 0.1) is 0 Å². The fourth-order valence-electron chi connectivity index (χ4n) is 2.44. The molecule has 1 atom stereocenters. The smallest absolute Gasteiger partial charge is 0.188 e. The first-order chi connectivity index (χ1) is 9.22. The van der Waals surface area contributed by atoms with E-state index < -0.39 is 0 Å². The molecule has 0 saturated carbocycles. The van der Waals surface area contributed by atoms with Crippen molar-refractivity contribution in [2.75, 3.05) is 31.6 Å². The molecule has 0 aromatic heterocycles. The van der Waals surface area contributed by atoms with Gasteiger partial charge in [-0.3, -0.25) is 4.99 Å². The standard InChI is InChI=1S/C15H22N4/c1-3-9-17-15(16)18-11-12-8-10-19(2)14-7-5-4-6-13(12)14/h3-7,12H,1,8-11H2,2H3,(H3,16,17,18)/t12-/m0/s1. The highest BCUT2D eigenvalue weighted by molar-refractivity contribution is 5.78. The molecular weight excluding hydrogens is 236 g/mol. The second kappa shape index (κ2) is 6.27. The molecule has 3 N–H and O–H groups in total. The fraction of sp³-hybridized carbons (Fsp3) is 0.400. The number of nitrogens with zero attached hydrogens (tertiary/aromatic N) is 2. The number of benzene rings is 1. The first kappa shape index (κ1) is 13.5. The summed E-state index contributed by atoms with van der Waals surface area (Å²) in [6, 6.07) is 8.54. The fourth-order valence-corrected chi connectivity index (χ4v) is 2.44. The zero-order valence-electron chi connectivity index (χ0n) is 11.5. The molecular formula is C15H22N4. The van der Waals surface area contributed by atoms with Crippen molar-refractivity contribution in [3.8, 4) is 0 Å². The minimum atomic E-state index is 0.455. The Morgan fingerprint density at radius 1 is 1.58 bits per heavy atom. The normalized spacial score (nSPS) is 18.9. The van der Waals surface area contributed by atoms with E-state index in [0.29, 0.717) is 18.4 Å². The van der Waals surface area contributed by atoms with E-state index in [1.54, 1.807) is 6.08 Å². The number of guanidine groups is 1. The van der Waals surface area contributed by atoms with Crippen molar-refractivity contribution in [3.05, 3.63) is 42.5 Å². The second-order valence-electron chi connectivity index (χ2n) is 4.86. The van der Waals surface area contributed by atoms with Crippen molar-refractivity contribution in [1.82, 2.24) is 5.32 Å². The van der Waals surface area contributed by atoms with Crippen LogP contribution in [-0.2, 0) is 0 Å². The summed E-state index contributed by atoms with van der Waals surface area (Å²) in [5.41, 5.74) is 8.49. The van der Waals surface area contributed by atoms with Crippen molar-refractivity contribution in [1.29, 1.82) is 0 Å².